The van der Waals surface area contributed by atoms with Crippen molar-refractivity contribution in [2.24, 2.45) is 0 Å². The van der Waals surface area contributed by atoms with Crippen LogP contribution in [0.5, 0.6) is 5.75 Å². The van der Waals surface area contributed by atoms with Gasteiger partial charge in [0, 0.05) is 15.3 Å². The van der Waals surface area contributed by atoms with E-state index in [1.54, 1.807) is 7.11 Å². The number of hydrogen-bond donors (Lipinski definition) is 0. The Bertz CT molecular complexity index is 1060. The van der Waals surface area contributed by atoms with Gasteiger partial charge in [-0.3, -0.25) is 0 Å². The van der Waals surface area contributed by atoms with Gasteiger partial charge in [-0.25, -0.2) is 0 Å². The molecule has 0 saturated carbocycles. The van der Waals surface area contributed by atoms with Gasteiger partial charge in [-0.2, -0.15) is 0 Å². The number of benzene rings is 3. The molecule has 0 fully saturated rings. The van der Waals surface area contributed by atoms with E-state index < -0.39 is 0 Å². The fourth-order valence-electron chi connectivity index (χ4n) is 3.28. The van der Waals surface area contributed by atoms with E-state index in [4.69, 9.17) is 4.74 Å². The molecule has 0 bridgehead atoms. The van der Waals surface area contributed by atoms with Crippen molar-refractivity contribution in [3.63, 3.8) is 0 Å². The second kappa shape index (κ2) is 7.42. The highest BCUT2D eigenvalue weighted by Crippen LogP contribution is 2.44. The molecular formula is C25H22OS. The Morgan fingerprint density at radius 3 is 2.04 bits per heavy atom. The molecule has 2 heteroatoms. The Hall–Kier alpha value is -2.84. The molecule has 0 spiro atoms. The standard InChI is InChI=1S/C25H22OS/c1-17-8-10-20(11-9-17)25-23(19-12-14-21(26-3)15-13-19)16-24(27-25)22-7-5-4-6-18(22)2/h4-16H,1-3H3. The first-order valence-electron chi connectivity index (χ1n) is 9.07. The lowest BCUT2D eigenvalue weighted by atomic mass is 10.00. The predicted octanol–water partition coefficient (Wildman–Crippen LogP) is 7.37. The minimum atomic E-state index is 0.880. The Morgan fingerprint density at radius 2 is 1.37 bits per heavy atom. The Morgan fingerprint density at radius 1 is 0.704 bits per heavy atom. The normalized spacial score (nSPS) is 10.8. The SMILES string of the molecule is COc1ccc(-c2cc(-c3ccccc3C)sc2-c2ccc(C)cc2)cc1. The van der Waals surface area contributed by atoms with E-state index in [9.17, 15) is 0 Å². The first kappa shape index (κ1) is 17.6. The fraction of sp³-hybridized carbons (Fsp3) is 0.120. The average molecular weight is 371 g/mol. The van der Waals surface area contributed by atoms with Gasteiger partial charge in [0.25, 0.3) is 0 Å². The molecule has 134 valence electrons. The molecule has 27 heavy (non-hydrogen) atoms. The van der Waals surface area contributed by atoms with Crippen LogP contribution in [-0.4, -0.2) is 7.11 Å². The van der Waals surface area contributed by atoms with Gasteiger partial charge in [-0.1, -0.05) is 66.2 Å². The zero-order valence-corrected chi connectivity index (χ0v) is 16.6. The highest BCUT2D eigenvalue weighted by molar-refractivity contribution is 7.19. The van der Waals surface area contributed by atoms with Crippen molar-refractivity contribution in [2.45, 2.75) is 13.8 Å². The molecule has 1 aromatic heterocycles. The van der Waals surface area contributed by atoms with Crippen molar-refractivity contribution in [1.82, 2.24) is 0 Å². The molecule has 3 aromatic carbocycles. The van der Waals surface area contributed by atoms with E-state index >= 15 is 0 Å². The molecule has 0 unspecified atom stereocenters. The molecule has 0 radical (unpaired) electrons. The highest BCUT2D eigenvalue weighted by atomic mass is 32.1. The molecule has 0 aliphatic rings. The summed E-state index contributed by atoms with van der Waals surface area (Å²) in [4.78, 5) is 2.60. The number of rotatable bonds is 4. The molecule has 0 amide bonds. The van der Waals surface area contributed by atoms with Gasteiger partial charge >= 0.3 is 0 Å². The van der Waals surface area contributed by atoms with E-state index in [1.807, 2.05) is 23.5 Å². The Kier molecular flexibility index (Phi) is 4.83. The van der Waals surface area contributed by atoms with Gasteiger partial charge in [0.05, 0.1) is 7.11 Å². The topological polar surface area (TPSA) is 9.23 Å². The molecule has 1 nitrogen and oxygen atoms in total. The lowest BCUT2D eigenvalue weighted by Gasteiger charge is -2.06. The van der Waals surface area contributed by atoms with Gasteiger partial charge in [0.1, 0.15) is 5.75 Å². The molecule has 1 heterocycles. The van der Waals surface area contributed by atoms with Gasteiger partial charge in [0.2, 0.25) is 0 Å². The number of methoxy groups -OCH3 is 1. The molecule has 0 aliphatic heterocycles. The van der Waals surface area contributed by atoms with E-state index in [1.165, 1.54) is 43.1 Å². The van der Waals surface area contributed by atoms with Crippen LogP contribution in [0.1, 0.15) is 11.1 Å². The van der Waals surface area contributed by atoms with Crippen LogP contribution in [0.3, 0.4) is 0 Å². The van der Waals surface area contributed by atoms with Crippen molar-refractivity contribution in [2.75, 3.05) is 7.11 Å². The summed E-state index contributed by atoms with van der Waals surface area (Å²) < 4.78 is 5.33. The summed E-state index contributed by atoms with van der Waals surface area (Å²) in [6.07, 6.45) is 0. The highest BCUT2D eigenvalue weighted by Gasteiger charge is 2.15. The Labute approximate surface area is 164 Å². The first-order valence-corrected chi connectivity index (χ1v) is 9.88. The lowest BCUT2D eigenvalue weighted by molar-refractivity contribution is 0.415. The quantitative estimate of drug-likeness (QED) is 0.364. The first-order chi connectivity index (χ1) is 13.2. The minimum Gasteiger partial charge on any atom is -0.497 e. The van der Waals surface area contributed by atoms with Gasteiger partial charge in [-0.05, 0) is 54.3 Å². The van der Waals surface area contributed by atoms with E-state index in [-0.39, 0.29) is 0 Å². The van der Waals surface area contributed by atoms with E-state index in [0.29, 0.717) is 0 Å². The summed E-state index contributed by atoms with van der Waals surface area (Å²) in [6.45, 7) is 4.30. The van der Waals surface area contributed by atoms with Crippen LogP contribution in [0.4, 0.5) is 0 Å². The van der Waals surface area contributed by atoms with Crippen LogP contribution in [0.15, 0.2) is 78.9 Å². The third-order valence-corrected chi connectivity index (χ3v) is 6.07. The molecular weight excluding hydrogens is 348 g/mol. The zero-order valence-electron chi connectivity index (χ0n) is 15.8. The maximum atomic E-state index is 5.33. The van der Waals surface area contributed by atoms with Gasteiger partial charge in [0.15, 0.2) is 0 Å². The van der Waals surface area contributed by atoms with Crippen molar-refractivity contribution in [3.05, 3.63) is 90.0 Å². The van der Waals surface area contributed by atoms with Crippen molar-refractivity contribution in [1.29, 1.82) is 0 Å². The van der Waals surface area contributed by atoms with Crippen LogP contribution in [0.25, 0.3) is 32.0 Å². The molecule has 0 saturated heterocycles. The van der Waals surface area contributed by atoms with Crippen LogP contribution < -0.4 is 4.74 Å². The summed E-state index contributed by atoms with van der Waals surface area (Å²) >= 11 is 1.86. The maximum absolute atomic E-state index is 5.33. The predicted molar refractivity (Wildman–Crippen MR) is 117 cm³/mol. The van der Waals surface area contributed by atoms with Gasteiger partial charge < -0.3 is 4.74 Å². The molecule has 0 N–H and O–H groups in total. The monoisotopic (exact) mass is 370 g/mol. The van der Waals surface area contributed by atoms with E-state index in [0.717, 1.165) is 5.75 Å². The number of thiophene rings is 1. The van der Waals surface area contributed by atoms with Crippen LogP contribution in [0.2, 0.25) is 0 Å². The van der Waals surface area contributed by atoms with Crippen molar-refractivity contribution >= 4 is 11.3 Å². The third-order valence-electron chi connectivity index (χ3n) is 4.86. The van der Waals surface area contributed by atoms with E-state index in [2.05, 4.69) is 80.6 Å². The molecule has 0 aliphatic carbocycles. The van der Waals surface area contributed by atoms with Crippen molar-refractivity contribution in [3.8, 4) is 37.8 Å². The van der Waals surface area contributed by atoms with Crippen LogP contribution >= 0.6 is 11.3 Å². The summed E-state index contributed by atoms with van der Waals surface area (Å²) in [7, 11) is 1.70. The summed E-state index contributed by atoms with van der Waals surface area (Å²) in [5, 5.41) is 0. The Balaban J connectivity index is 1.89. The molecule has 4 aromatic rings. The smallest absolute Gasteiger partial charge is 0.118 e. The van der Waals surface area contributed by atoms with Crippen LogP contribution in [-0.2, 0) is 0 Å². The minimum absolute atomic E-state index is 0.880. The number of ether oxygens (including phenoxy) is 1. The third kappa shape index (κ3) is 3.54. The maximum Gasteiger partial charge on any atom is 0.118 e. The summed E-state index contributed by atoms with van der Waals surface area (Å²) in [6, 6.07) is 28.0. The van der Waals surface area contributed by atoms with Gasteiger partial charge in [-0.15, -0.1) is 11.3 Å². The fourth-order valence-corrected chi connectivity index (χ4v) is 4.55. The zero-order chi connectivity index (χ0) is 18.8. The number of hydrogen-bond acceptors (Lipinski definition) is 2. The largest absolute Gasteiger partial charge is 0.497 e. The molecule has 4 rings (SSSR count). The molecule has 0 atom stereocenters. The second-order valence-electron chi connectivity index (χ2n) is 6.76. The average Bonchev–Trinajstić information content (AvgIpc) is 3.14. The van der Waals surface area contributed by atoms with Crippen LogP contribution in [0, 0.1) is 13.8 Å². The van der Waals surface area contributed by atoms with Crippen molar-refractivity contribution < 1.29 is 4.74 Å². The number of aryl methyl sites for hydroxylation is 2. The summed E-state index contributed by atoms with van der Waals surface area (Å²) in [5.74, 6) is 0.880. The second-order valence-corrected chi connectivity index (χ2v) is 7.82. The lowest BCUT2D eigenvalue weighted by Crippen LogP contribution is -1.83. The summed E-state index contributed by atoms with van der Waals surface area (Å²) in [5.41, 5.74) is 7.62.